The number of halogens is 1. The number of aryl methyl sites for hydroxylation is 2. The fourth-order valence-corrected chi connectivity index (χ4v) is 2.02. The van der Waals surface area contributed by atoms with Gasteiger partial charge in [0.05, 0.1) is 16.4 Å². The van der Waals surface area contributed by atoms with Crippen LogP contribution in [0.5, 0.6) is 0 Å². The summed E-state index contributed by atoms with van der Waals surface area (Å²) in [5, 5.41) is 7.47. The highest BCUT2D eigenvalue weighted by molar-refractivity contribution is 9.10. The van der Waals surface area contributed by atoms with E-state index < -0.39 is 0 Å². The van der Waals surface area contributed by atoms with Gasteiger partial charge in [0.1, 0.15) is 11.6 Å². The fourth-order valence-electron chi connectivity index (χ4n) is 1.71. The van der Waals surface area contributed by atoms with E-state index in [4.69, 9.17) is 0 Å². The zero-order chi connectivity index (χ0) is 14.0. The monoisotopic (exact) mass is 323 g/mol. The Morgan fingerprint density at radius 2 is 2.11 bits per heavy atom. The van der Waals surface area contributed by atoms with Crippen LogP contribution < -0.4 is 5.32 Å². The minimum atomic E-state index is 0.311. The summed E-state index contributed by atoms with van der Waals surface area (Å²) < 4.78 is 2.71. The lowest BCUT2D eigenvalue weighted by Gasteiger charge is -2.12. The van der Waals surface area contributed by atoms with Gasteiger partial charge in [0.2, 0.25) is 0 Å². The number of anilines is 1. The lowest BCUT2D eigenvalue weighted by Crippen LogP contribution is -2.07. The summed E-state index contributed by atoms with van der Waals surface area (Å²) in [7, 11) is 1.91. The Morgan fingerprint density at radius 3 is 2.68 bits per heavy atom. The molecule has 0 atom stereocenters. The molecule has 0 aliphatic rings. The molecular weight excluding hydrogens is 306 g/mol. The van der Waals surface area contributed by atoms with Crippen LogP contribution in [0, 0.1) is 6.92 Å². The van der Waals surface area contributed by atoms with Gasteiger partial charge in [0.25, 0.3) is 0 Å². The summed E-state index contributed by atoms with van der Waals surface area (Å²) in [6.45, 7) is 6.86. The first-order chi connectivity index (χ1) is 8.97. The number of hydrogen-bond acceptors (Lipinski definition) is 4. The normalized spacial score (nSPS) is 11.1. The molecule has 6 heteroatoms. The number of rotatable bonds is 4. The van der Waals surface area contributed by atoms with Crippen LogP contribution in [0.15, 0.2) is 16.9 Å². The van der Waals surface area contributed by atoms with Crippen LogP contribution in [0.25, 0.3) is 0 Å². The van der Waals surface area contributed by atoms with Crippen molar-refractivity contribution >= 4 is 21.7 Å². The van der Waals surface area contributed by atoms with Crippen LogP contribution in [-0.2, 0) is 13.6 Å². The highest BCUT2D eigenvalue weighted by Gasteiger charge is 2.11. The first kappa shape index (κ1) is 14.0. The van der Waals surface area contributed by atoms with E-state index in [1.54, 1.807) is 4.68 Å². The molecule has 0 amide bonds. The molecule has 0 spiro atoms. The van der Waals surface area contributed by atoms with Crippen LogP contribution in [0.3, 0.4) is 0 Å². The van der Waals surface area contributed by atoms with Crippen molar-refractivity contribution in [2.24, 2.45) is 7.05 Å². The van der Waals surface area contributed by atoms with E-state index in [9.17, 15) is 0 Å². The molecule has 0 aliphatic heterocycles. The maximum atomic E-state index is 4.56. The summed E-state index contributed by atoms with van der Waals surface area (Å²) >= 11 is 3.53. The van der Waals surface area contributed by atoms with Crippen molar-refractivity contribution in [2.75, 3.05) is 5.32 Å². The Kier molecular flexibility index (Phi) is 4.19. The van der Waals surface area contributed by atoms with Crippen LogP contribution >= 0.6 is 15.9 Å². The molecular formula is C13H18BrN5. The highest BCUT2D eigenvalue weighted by Crippen LogP contribution is 2.25. The van der Waals surface area contributed by atoms with E-state index in [1.165, 1.54) is 0 Å². The van der Waals surface area contributed by atoms with Crippen LogP contribution in [0.4, 0.5) is 5.82 Å². The quantitative estimate of drug-likeness (QED) is 0.939. The van der Waals surface area contributed by atoms with Crippen LogP contribution in [0.2, 0.25) is 0 Å². The maximum Gasteiger partial charge on any atom is 0.144 e. The zero-order valence-corrected chi connectivity index (χ0v) is 13.2. The van der Waals surface area contributed by atoms with Crippen molar-refractivity contribution in [2.45, 2.75) is 33.2 Å². The van der Waals surface area contributed by atoms with E-state index in [-0.39, 0.29) is 0 Å². The Bertz CT molecular complexity index is 576. The lowest BCUT2D eigenvalue weighted by atomic mass is 10.2. The van der Waals surface area contributed by atoms with Gasteiger partial charge >= 0.3 is 0 Å². The molecule has 0 unspecified atom stereocenters. The zero-order valence-electron chi connectivity index (χ0n) is 11.6. The second kappa shape index (κ2) is 5.69. The average molecular weight is 324 g/mol. The summed E-state index contributed by atoms with van der Waals surface area (Å²) in [6.07, 6.45) is 3.83. The summed E-state index contributed by atoms with van der Waals surface area (Å²) in [5.74, 6) is 2.00. The first-order valence-electron chi connectivity index (χ1n) is 6.22. The summed E-state index contributed by atoms with van der Waals surface area (Å²) in [6, 6.07) is 0. The van der Waals surface area contributed by atoms with E-state index in [0.29, 0.717) is 12.5 Å². The Morgan fingerprint density at radius 1 is 1.37 bits per heavy atom. The van der Waals surface area contributed by atoms with Gasteiger partial charge < -0.3 is 5.32 Å². The Hall–Kier alpha value is -1.43. The predicted octanol–water partition coefficient (Wildman–Crippen LogP) is 3.02. The predicted molar refractivity (Wildman–Crippen MR) is 79.1 cm³/mol. The van der Waals surface area contributed by atoms with Gasteiger partial charge in [-0.15, -0.1) is 0 Å². The molecule has 102 valence electrons. The standard InChI is InChI=1S/C13H18BrN5/c1-8(2)12-17-9(3)11(14)13(18-12)15-5-10-6-16-19(4)7-10/h6-8H,5H2,1-4H3,(H,15,17,18). The molecule has 2 heterocycles. The topological polar surface area (TPSA) is 55.6 Å². The summed E-state index contributed by atoms with van der Waals surface area (Å²) in [5.41, 5.74) is 2.07. The highest BCUT2D eigenvalue weighted by atomic mass is 79.9. The maximum absolute atomic E-state index is 4.56. The molecule has 2 rings (SSSR count). The second-order valence-electron chi connectivity index (χ2n) is 4.86. The molecule has 2 aromatic rings. The van der Waals surface area contributed by atoms with Crippen molar-refractivity contribution < 1.29 is 0 Å². The third kappa shape index (κ3) is 3.32. The number of nitrogens with one attached hydrogen (secondary N) is 1. The third-order valence-corrected chi connectivity index (χ3v) is 3.72. The molecule has 5 nitrogen and oxygen atoms in total. The first-order valence-corrected chi connectivity index (χ1v) is 7.02. The van der Waals surface area contributed by atoms with Gasteiger partial charge in [-0.1, -0.05) is 13.8 Å². The van der Waals surface area contributed by atoms with E-state index in [1.807, 2.05) is 26.4 Å². The minimum absolute atomic E-state index is 0.311. The Labute approximate surface area is 121 Å². The van der Waals surface area contributed by atoms with Gasteiger partial charge in [-0.25, -0.2) is 9.97 Å². The number of hydrogen-bond donors (Lipinski definition) is 1. The lowest BCUT2D eigenvalue weighted by molar-refractivity contribution is 0.763. The number of aromatic nitrogens is 4. The smallest absolute Gasteiger partial charge is 0.144 e. The minimum Gasteiger partial charge on any atom is -0.365 e. The van der Waals surface area contributed by atoms with Gasteiger partial charge in [0.15, 0.2) is 0 Å². The van der Waals surface area contributed by atoms with Gasteiger partial charge in [-0.2, -0.15) is 5.10 Å². The molecule has 0 bridgehead atoms. The van der Waals surface area contributed by atoms with E-state index >= 15 is 0 Å². The molecule has 0 fully saturated rings. The Balaban J connectivity index is 2.19. The van der Waals surface area contributed by atoms with Gasteiger partial charge in [-0.05, 0) is 22.9 Å². The van der Waals surface area contributed by atoms with Crippen molar-refractivity contribution in [3.8, 4) is 0 Å². The molecule has 0 aromatic carbocycles. The average Bonchev–Trinajstić information content (AvgIpc) is 2.76. The molecule has 0 radical (unpaired) electrons. The van der Waals surface area contributed by atoms with Gasteiger partial charge in [0, 0.05) is 31.3 Å². The van der Waals surface area contributed by atoms with E-state index in [0.717, 1.165) is 27.4 Å². The van der Waals surface area contributed by atoms with Crippen molar-refractivity contribution in [3.05, 3.63) is 33.9 Å². The third-order valence-electron chi connectivity index (χ3n) is 2.77. The molecule has 0 aliphatic carbocycles. The van der Waals surface area contributed by atoms with Crippen LogP contribution in [-0.4, -0.2) is 19.7 Å². The molecule has 0 saturated heterocycles. The second-order valence-corrected chi connectivity index (χ2v) is 5.65. The SMILES string of the molecule is Cc1nc(C(C)C)nc(NCc2cnn(C)c2)c1Br. The molecule has 1 N–H and O–H groups in total. The fraction of sp³-hybridized carbons (Fsp3) is 0.462. The number of nitrogens with zero attached hydrogens (tertiary/aromatic N) is 4. The molecule has 0 saturated carbocycles. The molecule has 2 aromatic heterocycles. The van der Waals surface area contributed by atoms with Gasteiger partial charge in [-0.3, -0.25) is 4.68 Å². The molecule has 19 heavy (non-hydrogen) atoms. The van der Waals surface area contributed by atoms with Crippen molar-refractivity contribution in [1.29, 1.82) is 0 Å². The summed E-state index contributed by atoms with van der Waals surface area (Å²) in [4.78, 5) is 9.04. The van der Waals surface area contributed by atoms with Crippen molar-refractivity contribution in [1.82, 2.24) is 19.7 Å². The van der Waals surface area contributed by atoms with Crippen LogP contribution in [0.1, 0.15) is 36.8 Å². The van der Waals surface area contributed by atoms with E-state index in [2.05, 4.69) is 50.2 Å². The largest absolute Gasteiger partial charge is 0.365 e. The van der Waals surface area contributed by atoms with Crippen molar-refractivity contribution in [3.63, 3.8) is 0 Å².